The van der Waals surface area contributed by atoms with Crippen molar-refractivity contribution in [2.75, 3.05) is 5.32 Å². The average molecular weight is 474 g/mol. The number of aryl methyl sites for hydroxylation is 2. The fraction of sp³-hybridized carbons (Fsp3) is 0.350. The molecule has 31 heavy (non-hydrogen) atoms. The van der Waals surface area contributed by atoms with Crippen molar-refractivity contribution in [2.24, 2.45) is 0 Å². The molecule has 0 saturated carbocycles. The summed E-state index contributed by atoms with van der Waals surface area (Å²) in [5, 5.41) is 10.9. The second-order valence-corrected chi connectivity index (χ2v) is 7.85. The quantitative estimate of drug-likeness (QED) is 0.520. The SMILES string of the molecule is Cc1nn(Cc2ccccc2Cl)c(C)c1NC(=O)CCn1nc(C(F)(F)F)c(Cl)c1C. The fourth-order valence-electron chi connectivity index (χ4n) is 3.15. The Labute approximate surface area is 186 Å². The summed E-state index contributed by atoms with van der Waals surface area (Å²) in [7, 11) is 0. The molecule has 0 radical (unpaired) electrons. The third-order valence-corrected chi connectivity index (χ3v) is 5.70. The van der Waals surface area contributed by atoms with E-state index in [9.17, 15) is 18.0 Å². The van der Waals surface area contributed by atoms with E-state index in [-0.39, 0.29) is 24.6 Å². The molecule has 1 amide bonds. The van der Waals surface area contributed by atoms with Gasteiger partial charge in [-0.05, 0) is 32.4 Å². The van der Waals surface area contributed by atoms with Gasteiger partial charge in [0.25, 0.3) is 0 Å². The maximum atomic E-state index is 12.9. The molecule has 1 aromatic carbocycles. The van der Waals surface area contributed by atoms with E-state index in [2.05, 4.69) is 15.5 Å². The number of benzene rings is 1. The Morgan fingerprint density at radius 3 is 2.35 bits per heavy atom. The number of rotatable bonds is 6. The van der Waals surface area contributed by atoms with Crippen LogP contribution in [0.4, 0.5) is 18.9 Å². The molecule has 0 saturated heterocycles. The molecule has 11 heteroatoms. The van der Waals surface area contributed by atoms with Crippen molar-refractivity contribution in [3.05, 3.63) is 62.6 Å². The molecule has 0 spiro atoms. The normalized spacial score (nSPS) is 11.7. The number of halogens is 5. The summed E-state index contributed by atoms with van der Waals surface area (Å²) >= 11 is 12.0. The maximum absolute atomic E-state index is 12.9. The van der Waals surface area contributed by atoms with Crippen molar-refractivity contribution in [3.63, 3.8) is 0 Å². The molecule has 0 aliphatic carbocycles. The van der Waals surface area contributed by atoms with Gasteiger partial charge >= 0.3 is 6.18 Å². The van der Waals surface area contributed by atoms with Gasteiger partial charge < -0.3 is 5.32 Å². The van der Waals surface area contributed by atoms with Crippen molar-refractivity contribution < 1.29 is 18.0 Å². The number of anilines is 1. The number of hydrogen-bond acceptors (Lipinski definition) is 3. The van der Waals surface area contributed by atoms with Gasteiger partial charge in [-0.1, -0.05) is 41.4 Å². The van der Waals surface area contributed by atoms with Crippen LogP contribution in [-0.2, 0) is 24.1 Å². The van der Waals surface area contributed by atoms with Crippen LogP contribution in [0, 0.1) is 20.8 Å². The van der Waals surface area contributed by atoms with Crippen LogP contribution in [-0.4, -0.2) is 25.5 Å². The Morgan fingerprint density at radius 1 is 1.06 bits per heavy atom. The Kier molecular flexibility index (Phi) is 6.66. The highest BCUT2D eigenvalue weighted by Gasteiger charge is 2.38. The van der Waals surface area contributed by atoms with Gasteiger partial charge in [0.05, 0.1) is 40.9 Å². The minimum Gasteiger partial charge on any atom is -0.323 e. The predicted octanol–water partition coefficient (Wildman–Crippen LogP) is 5.41. The molecular formula is C20H20Cl2F3N5O. The summed E-state index contributed by atoms with van der Waals surface area (Å²) in [6, 6.07) is 7.40. The second kappa shape index (κ2) is 8.92. The minimum absolute atomic E-state index is 0.0423. The van der Waals surface area contributed by atoms with Crippen molar-refractivity contribution in [1.29, 1.82) is 0 Å². The van der Waals surface area contributed by atoms with Gasteiger partial charge in [-0.25, -0.2) is 0 Å². The van der Waals surface area contributed by atoms with Gasteiger partial charge in [-0.2, -0.15) is 23.4 Å². The van der Waals surface area contributed by atoms with Crippen LogP contribution in [0.3, 0.4) is 0 Å². The molecule has 0 atom stereocenters. The largest absolute Gasteiger partial charge is 0.436 e. The fourth-order valence-corrected chi connectivity index (χ4v) is 3.59. The predicted molar refractivity (Wildman–Crippen MR) is 112 cm³/mol. The van der Waals surface area contributed by atoms with Crippen molar-refractivity contribution in [3.8, 4) is 0 Å². The monoisotopic (exact) mass is 473 g/mol. The number of nitrogens with one attached hydrogen (secondary N) is 1. The van der Waals surface area contributed by atoms with E-state index in [1.165, 1.54) is 6.92 Å². The number of alkyl halides is 3. The number of hydrogen-bond donors (Lipinski definition) is 1. The zero-order chi connectivity index (χ0) is 22.9. The second-order valence-electron chi connectivity index (χ2n) is 7.06. The summed E-state index contributed by atoms with van der Waals surface area (Å²) < 4.78 is 41.7. The standard InChI is InChI=1S/C20H20Cl2F3N5O/c1-11-18(13(3)30(27-11)10-14-6-4-5-7-15(14)21)26-16(31)8-9-29-12(2)17(22)19(28-29)20(23,24)25/h4-7H,8-10H2,1-3H3,(H,26,31). The molecule has 6 nitrogen and oxygen atoms in total. The van der Waals surface area contributed by atoms with E-state index in [0.717, 1.165) is 15.9 Å². The highest BCUT2D eigenvalue weighted by atomic mass is 35.5. The Bertz CT molecular complexity index is 1120. The van der Waals surface area contributed by atoms with Crippen LogP contribution in [0.5, 0.6) is 0 Å². The van der Waals surface area contributed by atoms with E-state index in [0.29, 0.717) is 22.9 Å². The molecule has 0 aliphatic rings. The first-order valence-electron chi connectivity index (χ1n) is 9.36. The van der Waals surface area contributed by atoms with Crippen molar-refractivity contribution in [2.45, 2.75) is 46.5 Å². The minimum atomic E-state index is -4.65. The first kappa shape index (κ1) is 23.1. The van der Waals surface area contributed by atoms with Gasteiger partial charge in [0.1, 0.15) is 0 Å². The van der Waals surface area contributed by atoms with E-state index in [1.54, 1.807) is 17.7 Å². The molecule has 2 heterocycles. The summed E-state index contributed by atoms with van der Waals surface area (Å²) in [4.78, 5) is 12.4. The van der Waals surface area contributed by atoms with E-state index in [1.807, 2.05) is 25.1 Å². The molecule has 2 aromatic heterocycles. The lowest BCUT2D eigenvalue weighted by Gasteiger charge is -2.09. The van der Waals surface area contributed by atoms with Gasteiger partial charge in [0, 0.05) is 11.4 Å². The van der Waals surface area contributed by atoms with Crippen LogP contribution in [0.1, 0.15) is 34.8 Å². The van der Waals surface area contributed by atoms with Crippen molar-refractivity contribution >= 4 is 34.8 Å². The molecule has 166 valence electrons. The molecule has 0 unspecified atom stereocenters. The average Bonchev–Trinajstić information content (AvgIpc) is 3.12. The highest BCUT2D eigenvalue weighted by molar-refractivity contribution is 6.32. The maximum Gasteiger partial charge on any atom is 0.436 e. The van der Waals surface area contributed by atoms with Crippen LogP contribution >= 0.6 is 23.2 Å². The van der Waals surface area contributed by atoms with E-state index in [4.69, 9.17) is 23.2 Å². The molecule has 3 aromatic rings. The molecular weight excluding hydrogens is 454 g/mol. The zero-order valence-corrected chi connectivity index (χ0v) is 18.5. The first-order chi connectivity index (χ1) is 14.5. The van der Waals surface area contributed by atoms with Gasteiger partial charge in [0.2, 0.25) is 5.91 Å². The Balaban J connectivity index is 1.69. The van der Waals surface area contributed by atoms with Gasteiger partial charge in [-0.15, -0.1) is 0 Å². The summed E-state index contributed by atoms with van der Waals surface area (Å²) in [6.45, 7) is 5.40. The van der Waals surface area contributed by atoms with E-state index < -0.39 is 16.9 Å². The molecule has 0 fully saturated rings. The third kappa shape index (κ3) is 5.04. The third-order valence-electron chi connectivity index (χ3n) is 4.88. The van der Waals surface area contributed by atoms with E-state index >= 15 is 0 Å². The zero-order valence-electron chi connectivity index (χ0n) is 17.0. The lowest BCUT2D eigenvalue weighted by atomic mass is 10.2. The lowest BCUT2D eigenvalue weighted by molar-refractivity contribution is -0.141. The number of carbonyl (C=O) groups excluding carboxylic acids is 1. The number of aromatic nitrogens is 4. The van der Waals surface area contributed by atoms with Crippen molar-refractivity contribution in [1.82, 2.24) is 19.6 Å². The summed E-state index contributed by atoms with van der Waals surface area (Å²) in [6.07, 6.45) is -4.73. The van der Waals surface area contributed by atoms with Gasteiger partial charge in [-0.3, -0.25) is 14.2 Å². The highest BCUT2D eigenvalue weighted by Crippen LogP contribution is 2.35. The summed E-state index contributed by atoms with van der Waals surface area (Å²) in [5.74, 6) is -0.372. The molecule has 0 bridgehead atoms. The van der Waals surface area contributed by atoms with Crippen LogP contribution in [0.15, 0.2) is 24.3 Å². The van der Waals surface area contributed by atoms with Gasteiger partial charge in [0.15, 0.2) is 5.69 Å². The van der Waals surface area contributed by atoms with Crippen LogP contribution in [0.2, 0.25) is 10.0 Å². The summed E-state index contributed by atoms with van der Waals surface area (Å²) in [5.41, 5.74) is 1.81. The van der Waals surface area contributed by atoms with Crippen LogP contribution < -0.4 is 5.32 Å². The number of amides is 1. The Hall–Kier alpha value is -2.52. The number of carbonyl (C=O) groups is 1. The first-order valence-corrected chi connectivity index (χ1v) is 10.1. The molecule has 0 aliphatic heterocycles. The lowest BCUT2D eigenvalue weighted by Crippen LogP contribution is -2.17. The smallest absolute Gasteiger partial charge is 0.323 e. The Morgan fingerprint density at radius 2 is 1.74 bits per heavy atom. The van der Waals surface area contributed by atoms with Crippen LogP contribution in [0.25, 0.3) is 0 Å². The topological polar surface area (TPSA) is 64.7 Å². The molecule has 1 N–H and O–H groups in total. The molecule has 3 rings (SSSR count). The number of nitrogens with zero attached hydrogens (tertiary/aromatic N) is 4.